The highest BCUT2D eigenvalue weighted by Gasteiger charge is 2.36. The Balaban J connectivity index is 1.97. The van der Waals surface area contributed by atoms with Gasteiger partial charge in [0.1, 0.15) is 6.33 Å². The van der Waals surface area contributed by atoms with Crippen molar-refractivity contribution in [3.63, 3.8) is 0 Å². The second-order valence-corrected chi connectivity index (χ2v) is 6.48. The molecule has 2 aromatic carbocycles. The maximum absolute atomic E-state index is 4.38. The molecule has 2 nitrogen and oxygen atoms in total. The van der Waals surface area contributed by atoms with E-state index >= 15 is 0 Å². The van der Waals surface area contributed by atoms with Crippen molar-refractivity contribution in [1.29, 1.82) is 0 Å². The Morgan fingerprint density at radius 2 is 1.82 bits per heavy atom. The number of benzene rings is 2. The lowest BCUT2D eigenvalue weighted by Crippen LogP contribution is -2.15. The average molecular weight is 286 g/mol. The fraction of sp³-hybridized carbons (Fsp3) is 0.200. The highest BCUT2D eigenvalue weighted by molar-refractivity contribution is 5.85. The molecule has 1 aliphatic carbocycles. The molecule has 108 valence electrons. The highest BCUT2D eigenvalue weighted by Crippen LogP contribution is 2.50. The summed E-state index contributed by atoms with van der Waals surface area (Å²) >= 11 is 0. The molecule has 0 spiro atoms. The third kappa shape index (κ3) is 1.73. The molecule has 0 N–H and O–H groups in total. The van der Waals surface area contributed by atoms with Crippen LogP contribution in [0.25, 0.3) is 22.4 Å². The molecule has 3 aromatic rings. The van der Waals surface area contributed by atoms with Crippen molar-refractivity contribution in [3.8, 4) is 22.4 Å². The Morgan fingerprint density at radius 1 is 0.955 bits per heavy atom. The first kappa shape index (κ1) is 13.2. The summed E-state index contributed by atoms with van der Waals surface area (Å²) in [5, 5.41) is 0. The van der Waals surface area contributed by atoms with Crippen LogP contribution in [0, 0.1) is 6.92 Å². The van der Waals surface area contributed by atoms with Crippen molar-refractivity contribution in [1.82, 2.24) is 9.97 Å². The molecule has 1 aliphatic rings. The van der Waals surface area contributed by atoms with Gasteiger partial charge in [-0.05, 0) is 46.9 Å². The Morgan fingerprint density at radius 3 is 2.59 bits per heavy atom. The van der Waals surface area contributed by atoms with E-state index in [0.29, 0.717) is 0 Å². The summed E-state index contributed by atoms with van der Waals surface area (Å²) in [6.07, 6.45) is 3.40. The van der Waals surface area contributed by atoms with Gasteiger partial charge in [0.25, 0.3) is 0 Å². The third-order valence-corrected chi connectivity index (χ3v) is 4.79. The molecule has 0 fully saturated rings. The van der Waals surface area contributed by atoms with Gasteiger partial charge in [0, 0.05) is 17.2 Å². The molecule has 0 bridgehead atoms. The summed E-state index contributed by atoms with van der Waals surface area (Å²) in [6, 6.07) is 15.3. The van der Waals surface area contributed by atoms with Crippen LogP contribution in [0.2, 0.25) is 0 Å². The molecular formula is C20H18N2. The minimum Gasteiger partial charge on any atom is -0.245 e. The van der Waals surface area contributed by atoms with E-state index in [1.165, 1.54) is 27.8 Å². The van der Waals surface area contributed by atoms with E-state index in [0.717, 1.165) is 11.3 Å². The summed E-state index contributed by atoms with van der Waals surface area (Å²) in [5.74, 6) is 0. The Bertz CT molecular complexity index is 864. The van der Waals surface area contributed by atoms with E-state index in [-0.39, 0.29) is 5.41 Å². The van der Waals surface area contributed by atoms with Crippen LogP contribution in [-0.2, 0) is 5.41 Å². The van der Waals surface area contributed by atoms with Crippen LogP contribution in [0.3, 0.4) is 0 Å². The van der Waals surface area contributed by atoms with E-state index in [9.17, 15) is 0 Å². The fourth-order valence-electron chi connectivity index (χ4n) is 3.59. The van der Waals surface area contributed by atoms with Gasteiger partial charge in [0.15, 0.2) is 0 Å². The van der Waals surface area contributed by atoms with E-state index < -0.39 is 0 Å². The molecule has 0 unspecified atom stereocenters. The zero-order valence-corrected chi connectivity index (χ0v) is 13.1. The number of aryl methyl sites for hydroxylation is 1. The van der Waals surface area contributed by atoms with Crippen molar-refractivity contribution >= 4 is 0 Å². The smallest absolute Gasteiger partial charge is 0.116 e. The number of aromatic nitrogens is 2. The first-order chi connectivity index (χ1) is 10.6. The Hall–Kier alpha value is -2.48. The van der Waals surface area contributed by atoms with E-state index in [1.54, 1.807) is 12.5 Å². The first-order valence-corrected chi connectivity index (χ1v) is 7.60. The van der Waals surface area contributed by atoms with Gasteiger partial charge in [-0.2, -0.15) is 0 Å². The third-order valence-electron chi connectivity index (χ3n) is 4.79. The molecule has 2 heteroatoms. The number of fused-ring (bicyclic) bond motifs is 3. The minimum absolute atomic E-state index is 0.0275. The van der Waals surface area contributed by atoms with E-state index in [4.69, 9.17) is 0 Å². The van der Waals surface area contributed by atoms with Crippen molar-refractivity contribution in [2.24, 2.45) is 0 Å². The van der Waals surface area contributed by atoms with Gasteiger partial charge >= 0.3 is 0 Å². The number of hydrogen-bond donors (Lipinski definition) is 0. The summed E-state index contributed by atoms with van der Waals surface area (Å²) in [7, 11) is 0. The van der Waals surface area contributed by atoms with Crippen LogP contribution < -0.4 is 0 Å². The lowest BCUT2D eigenvalue weighted by atomic mass is 9.81. The summed E-state index contributed by atoms with van der Waals surface area (Å²) in [4.78, 5) is 8.38. The lowest BCUT2D eigenvalue weighted by molar-refractivity contribution is 0.660. The van der Waals surface area contributed by atoms with Crippen molar-refractivity contribution < 1.29 is 0 Å². The number of hydrogen-bond acceptors (Lipinski definition) is 2. The van der Waals surface area contributed by atoms with Crippen molar-refractivity contribution in [3.05, 3.63) is 71.7 Å². The average Bonchev–Trinajstić information content (AvgIpc) is 2.77. The molecule has 0 radical (unpaired) electrons. The quantitative estimate of drug-likeness (QED) is 0.644. The second-order valence-electron chi connectivity index (χ2n) is 6.48. The topological polar surface area (TPSA) is 25.8 Å². The predicted octanol–water partition coefficient (Wildman–Crippen LogP) is 4.76. The molecule has 0 amide bonds. The maximum atomic E-state index is 4.38. The van der Waals surface area contributed by atoms with Gasteiger partial charge in [-0.15, -0.1) is 0 Å². The SMILES string of the molecule is Cc1cccc2c1-c1ccc(-c3ccncn3)cc1C2(C)C. The molecule has 22 heavy (non-hydrogen) atoms. The number of nitrogens with zero attached hydrogens (tertiary/aromatic N) is 2. The predicted molar refractivity (Wildman–Crippen MR) is 89.8 cm³/mol. The van der Waals surface area contributed by atoms with Crippen LogP contribution >= 0.6 is 0 Å². The molecular weight excluding hydrogens is 268 g/mol. The largest absolute Gasteiger partial charge is 0.245 e. The summed E-state index contributed by atoms with van der Waals surface area (Å²) in [6.45, 7) is 6.81. The zero-order valence-electron chi connectivity index (χ0n) is 13.1. The molecule has 1 heterocycles. The molecule has 0 saturated carbocycles. The molecule has 0 atom stereocenters. The molecule has 4 rings (SSSR count). The van der Waals surface area contributed by atoms with Gasteiger partial charge in [0.05, 0.1) is 5.69 Å². The van der Waals surface area contributed by atoms with Crippen LogP contribution in [0.1, 0.15) is 30.5 Å². The lowest BCUT2D eigenvalue weighted by Gasteiger charge is -2.22. The first-order valence-electron chi connectivity index (χ1n) is 7.60. The van der Waals surface area contributed by atoms with Crippen LogP contribution in [-0.4, -0.2) is 9.97 Å². The van der Waals surface area contributed by atoms with E-state index in [2.05, 4.69) is 67.1 Å². The van der Waals surface area contributed by atoms with Crippen LogP contribution in [0.4, 0.5) is 0 Å². The molecule has 0 aliphatic heterocycles. The minimum atomic E-state index is 0.0275. The van der Waals surface area contributed by atoms with Crippen LogP contribution in [0.5, 0.6) is 0 Å². The summed E-state index contributed by atoms with van der Waals surface area (Å²) < 4.78 is 0. The maximum Gasteiger partial charge on any atom is 0.116 e. The highest BCUT2D eigenvalue weighted by atomic mass is 14.8. The Labute approximate surface area is 130 Å². The van der Waals surface area contributed by atoms with E-state index in [1.807, 2.05) is 6.07 Å². The number of rotatable bonds is 1. The molecule has 1 aromatic heterocycles. The van der Waals surface area contributed by atoms with Crippen molar-refractivity contribution in [2.75, 3.05) is 0 Å². The van der Waals surface area contributed by atoms with Crippen molar-refractivity contribution in [2.45, 2.75) is 26.2 Å². The van der Waals surface area contributed by atoms with Gasteiger partial charge in [-0.1, -0.05) is 44.2 Å². The normalized spacial score (nSPS) is 14.5. The standard InChI is InChI=1S/C20H18N2/c1-13-5-4-6-16-19(13)15-8-7-14(11-17(15)20(16,2)3)18-9-10-21-12-22-18/h4-12H,1-3H3. The summed E-state index contributed by atoms with van der Waals surface area (Å²) in [5.41, 5.74) is 9.06. The fourth-order valence-corrected chi connectivity index (χ4v) is 3.59. The Kier molecular flexibility index (Phi) is 2.70. The zero-order chi connectivity index (χ0) is 15.3. The second kappa shape index (κ2) is 4.51. The van der Waals surface area contributed by atoms with Crippen LogP contribution in [0.15, 0.2) is 55.0 Å². The van der Waals surface area contributed by atoms with Gasteiger partial charge in [-0.25, -0.2) is 9.97 Å². The van der Waals surface area contributed by atoms with Gasteiger partial charge in [0.2, 0.25) is 0 Å². The van der Waals surface area contributed by atoms with Gasteiger partial charge < -0.3 is 0 Å². The monoisotopic (exact) mass is 286 g/mol. The molecule has 0 saturated heterocycles. The van der Waals surface area contributed by atoms with Gasteiger partial charge in [-0.3, -0.25) is 0 Å².